The smallest absolute Gasteiger partial charge is 0.190 e. The molecule has 0 amide bonds. The third-order valence-electron chi connectivity index (χ3n) is 15.1. The number of unbranched alkanes of at least 4 members (excludes halogenated alkanes) is 2. The van der Waals surface area contributed by atoms with Gasteiger partial charge in [0.1, 0.15) is 5.60 Å². The largest absolute Gasteiger partial charge is 0.384 e. The Labute approximate surface area is 334 Å². The van der Waals surface area contributed by atoms with E-state index in [1.54, 1.807) is 0 Å². The summed E-state index contributed by atoms with van der Waals surface area (Å²) in [5, 5.41) is 29.7. The van der Waals surface area contributed by atoms with Crippen molar-refractivity contribution < 1.29 is 33.5 Å². The monoisotopic (exact) mass is 783 g/mol. The molecule has 56 heavy (non-hydrogen) atoms. The topological polar surface area (TPSA) is 137 Å². The van der Waals surface area contributed by atoms with Crippen molar-refractivity contribution in [1.29, 1.82) is 0 Å². The van der Waals surface area contributed by atoms with Gasteiger partial charge in [-0.25, -0.2) is 0 Å². The summed E-state index contributed by atoms with van der Waals surface area (Å²) in [5.41, 5.74) is 0.911. The average Bonchev–Trinajstić information content (AvgIpc) is 3.75. The van der Waals surface area contributed by atoms with E-state index in [0.717, 1.165) is 81.8 Å². The van der Waals surface area contributed by atoms with E-state index in [0.29, 0.717) is 55.6 Å². The van der Waals surface area contributed by atoms with Crippen LogP contribution in [0.5, 0.6) is 0 Å². The number of rotatable bonds is 14. The molecule has 0 radical (unpaired) electrons. The van der Waals surface area contributed by atoms with Crippen LogP contribution in [-0.2, 0) is 54.4 Å². The first-order chi connectivity index (χ1) is 27.1. The molecule has 16 atom stereocenters. The van der Waals surface area contributed by atoms with Crippen LogP contribution in [0.15, 0.2) is 12.4 Å². The van der Waals surface area contributed by atoms with Crippen LogP contribution < -0.4 is 0 Å². The third kappa shape index (κ3) is 8.52. The van der Waals surface area contributed by atoms with Crippen molar-refractivity contribution in [2.45, 2.75) is 181 Å². The molecule has 13 nitrogen and oxygen atoms in total. The van der Waals surface area contributed by atoms with Crippen molar-refractivity contribution in [3.8, 4) is 0 Å². The highest BCUT2D eigenvalue weighted by Gasteiger charge is 2.62. The first kappa shape index (κ1) is 40.8. The van der Waals surface area contributed by atoms with Crippen molar-refractivity contribution in [2.75, 3.05) is 13.2 Å². The lowest BCUT2D eigenvalue weighted by Gasteiger charge is -2.57. The van der Waals surface area contributed by atoms with Crippen LogP contribution >= 0.6 is 0 Å². The molecule has 314 valence electrons. The minimum absolute atomic E-state index is 0.0584. The summed E-state index contributed by atoms with van der Waals surface area (Å²) in [6, 6.07) is 0. The van der Waals surface area contributed by atoms with Gasteiger partial charge in [-0.15, -0.1) is 10.2 Å². The predicted molar refractivity (Wildman–Crippen MR) is 208 cm³/mol. The summed E-state index contributed by atoms with van der Waals surface area (Å²) in [7, 11) is 0. The number of aromatic nitrogens is 6. The van der Waals surface area contributed by atoms with Crippen molar-refractivity contribution >= 4 is 0 Å². The zero-order valence-electron chi connectivity index (χ0n) is 34.9. The van der Waals surface area contributed by atoms with Crippen LogP contribution in [0.25, 0.3) is 0 Å². The Hall–Kier alpha value is -2.00. The second-order valence-electron chi connectivity index (χ2n) is 18.8. The van der Waals surface area contributed by atoms with Gasteiger partial charge < -0.3 is 33.5 Å². The lowest BCUT2D eigenvalue weighted by atomic mass is 9.58. The predicted octanol–water partition coefficient (Wildman–Crippen LogP) is 6.57. The maximum Gasteiger partial charge on any atom is 0.190 e. The van der Waals surface area contributed by atoms with Crippen LogP contribution in [0, 0.1) is 53.3 Å². The summed E-state index contributed by atoms with van der Waals surface area (Å²) in [6.45, 7) is 16.2. The fraction of sp³-hybridized carbons (Fsp3) is 0.907. The molecule has 16 unspecified atom stereocenters. The zero-order chi connectivity index (χ0) is 39.0. The molecule has 6 heterocycles. The number of aryl methyl sites for hydroxylation is 2. The summed E-state index contributed by atoms with van der Waals surface area (Å²) >= 11 is 0. The summed E-state index contributed by atoms with van der Waals surface area (Å²) in [5.74, 6) is 3.73. The normalized spacial score (nSPS) is 42.4. The molecule has 2 aromatic heterocycles. The first-order valence-electron chi connectivity index (χ1n) is 22.4. The fourth-order valence-corrected chi connectivity index (χ4v) is 11.8. The van der Waals surface area contributed by atoms with E-state index in [-0.39, 0.29) is 42.5 Å². The maximum atomic E-state index is 12.1. The van der Waals surface area contributed by atoms with Crippen LogP contribution in [-0.4, -0.2) is 91.3 Å². The zero-order valence-corrected chi connectivity index (χ0v) is 34.9. The maximum absolute atomic E-state index is 12.1. The Morgan fingerprint density at radius 1 is 0.643 bits per heavy atom. The first-order valence-corrected chi connectivity index (χ1v) is 22.4. The molecule has 0 bridgehead atoms. The minimum Gasteiger partial charge on any atom is -0.384 e. The molecule has 13 heteroatoms. The number of ether oxygens (including phenoxy) is 6. The van der Waals surface area contributed by atoms with Crippen molar-refractivity contribution in [2.24, 2.45) is 53.3 Å². The highest BCUT2D eigenvalue weighted by Crippen LogP contribution is 2.55. The Morgan fingerprint density at radius 2 is 1.23 bits per heavy atom. The van der Waals surface area contributed by atoms with E-state index in [4.69, 9.17) is 28.4 Å². The van der Waals surface area contributed by atoms with E-state index in [1.807, 2.05) is 15.6 Å². The van der Waals surface area contributed by atoms with E-state index < -0.39 is 18.2 Å². The molecule has 4 saturated heterocycles. The summed E-state index contributed by atoms with van der Waals surface area (Å²) in [4.78, 5) is 0. The molecular weight excluding hydrogens is 713 g/mol. The molecule has 2 saturated carbocycles. The number of nitrogens with zero attached hydrogens (tertiary/aromatic N) is 6. The quantitative estimate of drug-likeness (QED) is 0.209. The number of hydrogen-bond acceptors (Lipinski definition) is 11. The van der Waals surface area contributed by atoms with Crippen LogP contribution in [0.1, 0.15) is 124 Å². The number of hydrogen-bond donors (Lipinski definition) is 1. The highest BCUT2D eigenvalue weighted by molar-refractivity contribution is 5.07. The van der Waals surface area contributed by atoms with E-state index in [1.165, 1.54) is 19.3 Å². The standard InChI is InChI=1S/C43H70N6O7/c1-26-10-14-35-30(5)39(55-41-38(35)34(26)15-12-28(3)53-41)51-22-18-32-24-48(46-44-32)20-8-7-9-21-49-25-33(45-47-49)19-23-52-40-31(6)37-16-11-27(2)36-17-13-29(4)54-42(56-40)43(36,37)50/h24-31,34-42,50H,7-23H2,1-6H3. The molecule has 6 fully saturated rings. The SMILES string of the molecule is CC1CCC2C(C)CCC3C(C)C(OCCc4cn(CCCCCn5cc(CCOC6OC7OC(C)CCC8C(C)CCC(C6C)C78O)nn5)nn4)OC(O1)C23. The Kier molecular flexibility index (Phi) is 12.9. The molecule has 1 N–H and O–H groups in total. The van der Waals surface area contributed by atoms with Crippen LogP contribution in [0.4, 0.5) is 0 Å². The van der Waals surface area contributed by atoms with Gasteiger partial charge in [0.25, 0.3) is 0 Å². The van der Waals surface area contributed by atoms with Crippen molar-refractivity contribution in [1.82, 2.24) is 30.0 Å². The highest BCUT2D eigenvalue weighted by atomic mass is 16.8. The lowest BCUT2D eigenvalue weighted by molar-refractivity contribution is -0.381. The second-order valence-corrected chi connectivity index (χ2v) is 18.8. The van der Waals surface area contributed by atoms with E-state index in [2.05, 4.69) is 68.4 Å². The Bertz CT molecular complexity index is 1560. The Balaban J connectivity index is 0.722. The number of aliphatic hydroxyl groups is 1. The van der Waals surface area contributed by atoms with Gasteiger partial charge in [-0.2, -0.15) is 0 Å². The summed E-state index contributed by atoms with van der Waals surface area (Å²) < 4.78 is 42.3. The van der Waals surface area contributed by atoms with Crippen LogP contribution in [0.2, 0.25) is 0 Å². The molecular formula is C43H70N6O7. The van der Waals surface area contributed by atoms with Gasteiger partial charge in [-0.05, 0) is 108 Å². The molecule has 0 aromatic carbocycles. The molecule has 0 spiro atoms. The fourth-order valence-electron chi connectivity index (χ4n) is 11.8. The third-order valence-corrected chi connectivity index (χ3v) is 15.1. The Morgan fingerprint density at radius 3 is 1.93 bits per heavy atom. The summed E-state index contributed by atoms with van der Waals surface area (Å²) in [6.07, 6.45) is 16.3. The van der Waals surface area contributed by atoms with E-state index in [9.17, 15) is 5.11 Å². The van der Waals surface area contributed by atoms with Gasteiger partial charge in [0, 0.05) is 62.0 Å². The second kappa shape index (κ2) is 17.7. The molecule has 6 aliphatic rings. The van der Waals surface area contributed by atoms with Gasteiger partial charge in [0.2, 0.25) is 0 Å². The van der Waals surface area contributed by atoms with Crippen LogP contribution in [0.3, 0.4) is 0 Å². The van der Waals surface area contributed by atoms with Crippen molar-refractivity contribution in [3.05, 3.63) is 23.8 Å². The molecule has 8 rings (SSSR count). The van der Waals surface area contributed by atoms with Gasteiger partial charge in [0.05, 0.1) is 36.8 Å². The van der Waals surface area contributed by atoms with Gasteiger partial charge >= 0.3 is 0 Å². The molecule has 2 aliphatic carbocycles. The molecule has 2 aromatic rings. The van der Waals surface area contributed by atoms with Gasteiger partial charge in [-0.1, -0.05) is 44.5 Å². The average molecular weight is 783 g/mol. The van der Waals surface area contributed by atoms with Gasteiger partial charge in [0.15, 0.2) is 25.2 Å². The molecule has 4 aliphatic heterocycles. The van der Waals surface area contributed by atoms with Crippen molar-refractivity contribution in [3.63, 3.8) is 0 Å². The lowest BCUT2D eigenvalue weighted by Crippen LogP contribution is -2.66. The minimum atomic E-state index is -0.950. The van der Waals surface area contributed by atoms with Gasteiger partial charge in [-0.3, -0.25) is 9.36 Å². The van der Waals surface area contributed by atoms with E-state index >= 15 is 0 Å².